The molecule has 0 unspecified atom stereocenters. The summed E-state index contributed by atoms with van der Waals surface area (Å²) in [5.74, 6) is 0.635. The molecule has 0 saturated heterocycles. The molecule has 0 N–H and O–H groups in total. The summed E-state index contributed by atoms with van der Waals surface area (Å²) in [4.78, 5) is 4.50. The van der Waals surface area contributed by atoms with Crippen molar-refractivity contribution in [3.05, 3.63) is 78.2 Å². The van der Waals surface area contributed by atoms with Crippen LogP contribution in [0.4, 0.5) is 0 Å². The number of aryl methyl sites for hydroxylation is 1. The first-order chi connectivity index (χ1) is 12.5. The summed E-state index contributed by atoms with van der Waals surface area (Å²) >= 11 is 0. The maximum absolute atomic E-state index is 5.04. The molecule has 1 aromatic rings. The minimum atomic E-state index is 0.635. The van der Waals surface area contributed by atoms with Gasteiger partial charge in [0.15, 0.2) is 0 Å². The summed E-state index contributed by atoms with van der Waals surface area (Å²) in [6.45, 7) is 10.8. The van der Waals surface area contributed by atoms with E-state index in [0.29, 0.717) is 5.76 Å². The monoisotopic (exact) mass is 352 g/mol. The lowest BCUT2D eigenvalue weighted by molar-refractivity contribution is 0.306. The van der Waals surface area contributed by atoms with Crippen molar-refractivity contribution >= 4 is 5.57 Å². The molecule has 0 saturated carbocycles. The Kier molecular flexibility index (Phi) is 7.73. The number of hydrogen-bond donors (Lipinski definition) is 0. The van der Waals surface area contributed by atoms with Crippen molar-refractivity contribution in [3.8, 4) is 0 Å². The van der Waals surface area contributed by atoms with Crippen LogP contribution in [0.25, 0.3) is 5.57 Å². The highest BCUT2D eigenvalue weighted by Crippen LogP contribution is 2.30. The third kappa shape index (κ3) is 5.92. The Bertz CT molecular complexity index is 687. The van der Waals surface area contributed by atoms with Gasteiger partial charge in [-0.1, -0.05) is 43.5 Å². The average molecular weight is 353 g/mol. The van der Waals surface area contributed by atoms with Crippen molar-refractivity contribution in [2.75, 3.05) is 40.8 Å². The fourth-order valence-electron chi connectivity index (χ4n) is 3.07. The fourth-order valence-corrected chi connectivity index (χ4v) is 3.07. The Balaban J connectivity index is 1.82. The first-order valence-corrected chi connectivity index (χ1v) is 9.28. The molecule has 3 heteroatoms. The molecule has 1 aliphatic rings. The zero-order valence-corrected chi connectivity index (χ0v) is 16.5. The number of methoxy groups -OCH3 is 1. The van der Waals surface area contributed by atoms with Crippen molar-refractivity contribution in [2.45, 2.75) is 19.3 Å². The third-order valence-corrected chi connectivity index (χ3v) is 4.94. The Morgan fingerprint density at radius 1 is 1.12 bits per heavy atom. The first-order valence-electron chi connectivity index (χ1n) is 9.28. The van der Waals surface area contributed by atoms with E-state index in [-0.39, 0.29) is 0 Å². The van der Waals surface area contributed by atoms with Gasteiger partial charge in [-0.05, 0) is 55.2 Å². The van der Waals surface area contributed by atoms with Crippen molar-refractivity contribution < 1.29 is 4.74 Å². The minimum absolute atomic E-state index is 0.635. The van der Waals surface area contributed by atoms with Crippen LogP contribution in [0.1, 0.15) is 24.0 Å². The summed E-state index contributed by atoms with van der Waals surface area (Å²) in [6.07, 6.45) is 9.83. The summed E-state index contributed by atoms with van der Waals surface area (Å²) in [6, 6.07) is 8.82. The molecule has 0 bridgehead atoms. The second kappa shape index (κ2) is 10.0. The predicted octanol–water partition coefficient (Wildman–Crippen LogP) is 4.50. The van der Waals surface area contributed by atoms with E-state index in [1.54, 1.807) is 7.11 Å². The van der Waals surface area contributed by atoms with Gasteiger partial charge in [0, 0.05) is 32.4 Å². The summed E-state index contributed by atoms with van der Waals surface area (Å²) in [5.41, 5.74) is 5.39. The summed E-state index contributed by atoms with van der Waals surface area (Å²) < 4.78 is 5.04. The number of hydrogen-bond acceptors (Lipinski definition) is 3. The van der Waals surface area contributed by atoms with Gasteiger partial charge in [-0.25, -0.2) is 0 Å². The topological polar surface area (TPSA) is 15.7 Å². The zero-order valence-electron chi connectivity index (χ0n) is 16.5. The lowest BCUT2D eigenvalue weighted by Gasteiger charge is -2.24. The molecule has 0 fully saturated rings. The maximum Gasteiger partial charge on any atom is 0.111 e. The molecule has 0 aromatic heterocycles. The van der Waals surface area contributed by atoms with E-state index >= 15 is 0 Å². The fraction of sp³-hybridized carbons (Fsp3) is 0.391. The van der Waals surface area contributed by atoms with Crippen LogP contribution in [0.3, 0.4) is 0 Å². The summed E-state index contributed by atoms with van der Waals surface area (Å²) in [7, 11) is 5.85. The predicted molar refractivity (Wildman–Crippen MR) is 112 cm³/mol. The van der Waals surface area contributed by atoms with E-state index in [0.717, 1.165) is 25.3 Å². The second-order valence-electron chi connectivity index (χ2n) is 6.92. The van der Waals surface area contributed by atoms with Crippen LogP contribution < -0.4 is 0 Å². The molecule has 3 nitrogen and oxygen atoms in total. The van der Waals surface area contributed by atoms with Crippen LogP contribution in [-0.4, -0.2) is 50.6 Å². The Morgan fingerprint density at radius 2 is 1.88 bits per heavy atom. The Labute approximate surface area is 159 Å². The van der Waals surface area contributed by atoms with Gasteiger partial charge in [0.2, 0.25) is 0 Å². The maximum atomic E-state index is 5.04. The van der Waals surface area contributed by atoms with E-state index in [1.165, 1.54) is 36.0 Å². The van der Waals surface area contributed by atoms with Gasteiger partial charge < -0.3 is 14.5 Å². The standard InChI is InChI=1S/C23H32N2O/c1-19(13-14-20(2)26-5)25(4)18-17-24(3)16-15-22-11-8-10-21-9-6-7-12-23(21)22/h6-7,9,12-15H,1-2,8,10-11,16-18H2,3-5H3/b14-13-,22-15-. The molecular weight excluding hydrogens is 320 g/mol. The molecule has 140 valence electrons. The SMILES string of the molecule is C=C(/C=C\C(=C)N(C)CCN(C)C/C=C1/CCCc2ccccc21)OC. The number of benzene rings is 1. The van der Waals surface area contributed by atoms with E-state index in [4.69, 9.17) is 4.74 Å². The van der Waals surface area contributed by atoms with Crippen LogP contribution in [0.2, 0.25) is 0 Å². The van der Waals surface area contributed by atoms with Gasteiger partial charge in [-0.3, -0.25) is 0 Å². The minimum Gasteiger partial charge on any atom is -0.497 e. The lowest BCUT2D eigenvalue weighted by Crippen LogP contribution is -2.30. The number of fused-ring (bicyclic) bond motifs is 1. The van der Waals surface area contributed by atoms with Crippen molar-refractivity contribution in [1.29, 1.82) is 0 Å². The Hall–Kier alpha value is -2.26. The van der Waals surface area contributed by atoms with Crippen LogP contribution >= 0.6 is 0 Å². The molecule has 0 atom stereocenters. The van der Waals surface area contributed by atoms with Crippen LogP contribution in [-0.2, 0) is 11.2 Å². The molecule has 0 spiro atoms. The summed E-state index contributed by atoms with van der Waals surface area (Å²) in [5, 5.41) is 0. The molecule has 0 amide bonds. The quantitative estimate of drug-likeness (QED) is 0.481. The molecular formula is C23H32N2O. The lowest BCUT2D eigenvalue weighted by atomic mass is 9.87. The van der Waals surface area contributed by atoms with Crippen LogP contribution in [0.5, 0.6) is 0 Å². The second-order valence-corrected chi connectivity index (χ2v) is 6.92. The van der Waals surface area contributed by atoms with E-state index < -0.39 is 0 Å². The van der Waals surface area contributed by atoms with Crippen molar-refractivity contribution in [2.24, 2.45) is 0 Å². The van der Waals surface area contributed by atoms with Gasteiger partial charge in [0.25, 0.3) is 0 Å². The van der Waals surface area contributed by atoms with Gasteiger partial charge in [-0.15, -0.1) is 0 Å². The largest absolute Gasteiger partial charge is 0.497 e. The highest BCUT2D eigenvalue weighted by atomic mass is 16.5. The number of ether oxygens (including phenoxy) is 1. The number of allylic oxidation sites excluding steroid dienone is 3. The van der Waals surface area contributed by atoms with Gasteiger partial charge >= 0.3 is 0 Å². The van der Waals surface area contributed by atoms with Crippen LogP contribution in [0, 0.1) is 0 Å². The number of rotatable bonds is 9. The van der Waals surface area contributed by atoms with E-state index in [9.17, 15) is 0 Å². The highest BCUT2D eigenvalue weighted by Gasteiger charge is 2.13. The van der Waals surface area contributed by atoms with Crippen molar-refractivity contribution in [1.82, 2.24) is 9.80 Å². The average Bonchev–Trinajstić information content (AvgIpc) is 2.68. The Morgan fingerprint density at radius 3 is 2.65 bits per heavy atom. The highest BCUT2D eigenvalue weighted by molar-refractivity contribution is 5.70. The molecule has 2 rings (SSSR count). The third-order valence-electron chi connectivity index (χ3n) is 4.94. The molecule has 0 aliphatic heterocycles. The van der Waals surface area contributed by atoms with Crippen molar-refractivity contribution in [3.63, 3.8) is 0 Å². The molecule has 1 aliphatic carbocycles. The molecule has 0 radical (unpaired) electrons. The first kappa shape index (κ1) is 20.1. The van der Waals surface area contributed by atoms with E-state index in [1.807, 2.05) is 12.2 Å². The smallest absolute Gasteiger partial charge is 0.111 e. The van der Waals surface area contributed by atoms with Crippen LogP contribution in [0.15, 0.2) is 67.1 Å². The molecule has 0 heterocycles. The number of nitrogens with zero attached hydrogens (tertiary/aromatic N) is 2. The van der Waals surface area contributed by atoms with Gasteiger partial charge in [0.1, 0.15) is 5.76 Å². The molecule has 1 aromatic carbocycles. The zero-order chi connectivity index (χ0) is 18.9. The molecule has 26 heavy (non-hydrogen) atoms. The number of likely N-dealkylation sites (N-methyl/N-ethyl adjacent to an activating group) is 2. The normalized spacial score (nSPS) is 15.3. The van der Waals surface area contributed by atoms with Gasteiger partial charge in [0.05, 0.1) is 7.11 Å². The van der Waals surface area contributed by atoms with E-state index in [2.05, 4.69) is 67.4 Å². The van der Waals surface area contributed by atoms with Gasteiger partial charge in [-0.2, -0.15) is 0 Å².